The summed E-state index contributed by atoms with van der Waals surface area (Å²) in [5.41, 5.74) is -0.117. The zero-order valence-electron chi connectivity index (χ0n) is 10.8. The molecule has 0 amide bonds. The zero-order valence-corrected chi connectivity index (χ0v) is 11.6. The lowest BCUT2D eigenvalue weighted by Crippen LogP contribution is -2.39. The van der Waals surface area contributed by atoms with Crippen molar-refractivity contribution in [2.75, 3.05) is 0 Å². The number of halogens is 1. The van der Waals surface area contributed by atoms with Gasteiger partial charge in [-0.25, -0.2) is 4.79 Å². The molecule has 0 aliphatic heterocycles. The predicted molar refractivity (Wildman–Crippen MR) is 72.2 cm³/mol. The normalized spacial score (nSPS) is 23.5. The lowest BCUT2D eigenvalue weighted by molar-refractivity contribution is 0.351. The molecule has 2 atom stereocenters. The molecule has 1 aromatic rings. The van der Waals surface area contributed by atoms with Crippen LogP contribution in [0.5, 0.6) is 0 Å². The summed E-state index contributed by atoms with van der Waals surface area (Å²) in [5, 5.41) is 0.184. The van der Waals surface area contributed by atoms with E-state index in [2.05, 4.69) is 11.9 Å². The molecular formula is C13H19ClN2O2. The van der Waals surface area contributed by atoms with Crippen molar-refractivity contribution >= 4 is 11.6 Å². The molecule has 1 aromatic heterocycles. The molecule has 1 aliphatic rings. The average Bonchev–Trinajstić information content (AvgIpc) is 2.70. The maximum absolute atomic E-state index is 12.2. The van der Waals surface area contributed by atoms with Gasteiger partial charge in [0.1, 0.15) is 5.15 Å². The van der Waals surface area contributed by atoms with E-state index >= 15 is 0 Å². The summed E-state index contributed by atoms with van der Waals surface area (Å²) in [5.74, 6) is 1.01. The zero-order chi connectivity index (χ0) is 13.3. The highest BCUT2D eigenvalue weighted by molar-refractivity contribution is 6.30. The van der Waals surface area contributed by atoms with Gasteiger partial charge in [-0.05, 0) is 24.7 Å². The Bertz CT molecular complexity index is 547. The number of aromatic nitrogens is 2. The summed E-state index contributed by atoms with van der Waals surface area (Å²) in [4.78, 5) is 26.6. The molecule has 5 heteroatoms. The number of hydrogen-bond acceptors (Lipinski definition) is 2. The Hall–Kier alpha value is -1.03. The van der Waals surface area contributed by atoms with Gasteiger partial charge in [-0.15, -0.1) is 0 Å². The van der Waals surface area contributed by atoms with Crippen LogP contribution in [0.3, 0.4) is 0 Å². The van der Waals surface area contributed by atoms with E-state index in [1.165, 1.54) is 17.4 Å². The first-order valence-electron chi connectivity index (χ1n) is 6.56. The van der Waals surface area contributed by atoms with Gasteiger partial charge in [0.15, 0.2) is 0 Å². The highest BCUT2D eigenvalue weighted by atomic mass is 35.5. The Morgan fingerprint density at radius 3 is 2.67 bits per heavy atom. The van der Waals surface area contributed by atoms with Crippen LogP contribution in [-0.4, -0.2) is 9.55 Å². The maximum atomic E-state index is 12.2. The number of nitrogens with zero attached hydrogens (tertiary/aromatic N) is 1. The highest BCUT2D eigenvalue weighted by Crippen LogP contribution is 2.31. The van der Waals surface area contributed by atoms with Crippen molar-refractivity contribution in [2.24, 2.45) is 11.8 Å². The van der Waals surface area contributed by atoms with Crippen LogP contribution < -0.4 is 11.2 Å². The Morgan fingerprint density at radius 1 is 1.39 bits per heavy atom. The average molecular weight is 271 g/mol. The lowest BCUT2D eigenvalue weighted by atomic mass is 9.98. The van der Waals surface area contributed by atoms with Crippen molar-refractivity contribution in [3.8, 4) is 0 Å². The van der Waals surface area contributed by atoms with Crippen molar-refractivity contribution in [2.45, 2.75) is 46.1 Å². The molecule has 2 unspecified atom stereocenters. The summed E-state index contributed by atoms with van der Waals surface area (Å²) >= 11 is 5.88. The van der Waals surface area contributed by atoms with Crippen molar-refractivity contribution in [1.29, 1.82) is 0 Å². The Labute approximate surface area is 111 Å². The van der Waals surface area contributed by atoms with Crippen molar-refractivity contribution < 1.29 is 0 Å². The van der Waals surface area contributed by atoms with E-state index in [0.717, 1.165) is 6.42 Å². The molecule has 1 aliphatic carbocycles. The first-order chi connectivity index (χ1) is 8.54. The van der Waals surface area contributed by atoms with Crippen LogP contribution in [0, 0.1) is 11.8 Å². The molecule has 0 spiro atoms. The molecule has 0 radical (unpaired) electrons. The van der Waals surface area contributed by atoms with Gasteiger partial charge in [-0.1, -0.05) is 38.3 Å². The first-order valence-corrected chi connectivity index (χ1v) is 6.93. The van der Waals surface area contributed by atoms with Gasteiger partial charge < -0.3 is 0 Å². The van der Waals surface area contributed by atoms with Crippen LogP contribution in [0.2, 0.25) is 5.15 Å². The minimum Gasteiger partial charge on any atom is -0.297 e. The molecule has 0 bridgehead atoms. The third-order valence-electron chi connectivity index (χ3n) is 4.04. The molecular weight excluding hydrogens is 252 g/mol. The van der Waals surface area contributed by atoms with Crippen LogP contribution in [0.1, 0.15) is 38.7 Å². The molecule has 1 N–H and O–H groups in total. The fourth-order valence-corrected chi connectivity index (χ4v) is 3.08. The van der Waals surface area contributed by atoms with Crippen molar-refractivity contribution in [3.63, 3.8) is 0 Å². The SMILES string of the molecule is CCc1c(Cl)[nH]c(=O)n(CC2CCCC2C)c1=O. The van der Waals surface area contributed by atoms with E-state index in [0.29, 0.717) is 30.4 Å². The van der Waals surface area contributed by atoms with E-state index < -0.39 is 0 Å². The lowest BCUT2D eigenvalue weighted by Gasteiger charge is -2.16. The third-order valence-corrected chi connectivity index (χ3v) is 4.36. The van der Waals surface area contributed by atoms with Gasteiger partial charge in [0, 0.05) is 6.54 Å². The Kier molecular flexibility index (Phi) is 3.95. The summed E-state index contributed by atoms with van der Waals surface area (Å²) in [7, 11) is 0. The molecule has 0 aromatic carbocycles. The van der Waals surface area contributed by atoms with Crippen LogP contribution in [0.4, 0.5) is 0 Å². The number of aromatic amines is 1. The van der Waals surface area contributed by atoms with Gasteiger partial charge in [0.2, 0.25) is 0 Å². The summed E-state index contributed by atoms with van der Waals surface area (Å²) < 4.78 is 1.32. The summed E-state index contributed by atoms with van der Waals surface area (Å²) in [6.45, 7) is 4.57. The number of hydrogen-bond donors (Lipinski definition) is 1. The molecule has 1 fully saturated rings. The van der Waals surface area contributed by atoms with Gasteiger partial charge >= 0.3 is 5.69 Å². The predicted octanol–water partition coefficient (Wildman–Crippen LogP) is 2.19. The fraction of sp³-hybridized carbons (Fsp3) is 0.692. The smallest absolute Gasteiger partial charge is 0.297 e. The molecule has 0 saturated heterocycles. The maximum Gasteiger partial charge on any atom is 0.329 e. The van der Waals surface area contributed by atoms with Crippen LogP contribution in [0.25, 0.3) is 0 Å². The van der Waals surface area contributed by atoms with Crippen LogP contribution >= 0.6 is 11.6 Å². The highest BCUT2D eigenvalue weighted by Gasteiger charge is 2.25. The second-order valence-electron chi connectivity index (χ2n) is 5.16. The first kappa shape index (κ1) is 13.4. The minimum atomic E-state index is -0.388. The van der Waals surface area contributed by atoms with Gasteiger partial charge in [0.25, 0.3) is 5.56 Å². The fourth-order valence-electron chi connectivity index (χ4n) is 2.79. The molecule has 18 heavy (non-hydrogen) atoms. The van der Waals surface area contributed by atoms with E-state index in [-0.39, 0.29) is 16.4 Å². The molecule has 1 saturated carbocycles. The third kappa shape index (κ3) is 2.39. The molecule has 100 valence electrons. The van der Waals surface area contributed by atoms with E-state index in [1.807, 2.05) is 6.92 Å². The topological polar surface area (TPSA) is 54.9 Å². The van der Waals surface area contributed by atoms with Gasteiger partial charge in [0.05, 0.1) is 5.56 Å². The second-order valence-corrected chi connectivity index (χ2v) is 5.54. The monoisotopic (exact) mass is 270 g/mol. The van der Waals surface area contributed by atoms with Crippen LogP contribution in [0.15, 0.2) is 9.59 Å². The van der Waals surface area contributed by atoms with Crippen molar-refractivity contribution in [1.82, 2.24) is 9.55 Å². The van der Waals surface area contributed by atoms with E-state index in [1.54, 1.807) is 0 Å². The van der Waals surface area contributed by atoms with E-state index in [9.17, 15) is 9.59 Å². The molecule has 1 heterocycles. The second kappa shape index (κ2) is 5.31. The van der Waals surface area contributed by atoms with E-state index in [4.69, 9.17) is 11.6 Å². The summed E-state index contributed by atoms with van der Waals surface area (Å²) in [6, 6.07) is 0. The van der Waals surface area contributed by atoms with Crippen molar-refractivity contribution in [3.05, 3.63) is 31.6 Å². The van der Waals surface area contributed by atoms with Crippen LogP contribution in [-0.2, 0) is 13.0 Å². The molecule has 4 nitrogen and oxygen atoms in total. The van der Waals surface area contributed by atoms with Gasteiger partial charge in [-0.2, -0.15) is 0 Å². The number of H-pyrrole nitrogens is 1. The molecule has 2 rings (SSSR count). The quantitative estimate of drug-likeness (QED) is 0.856. The number of nitrogens with one attached hydrogen (secondary N) is 1. The minimum absolute atomic E-state index is 0.184. The number of rotatable bonds is 3. The summed E-state index contributed by atoms with van der Waals surface area (Å²) in [6.07, 6.45) is 4.00. The standard InChI is InChI=1S/C13H19ClN2O2/c1-3-10-11(14)15-13(18)16(12(10)17)7-9-6-4-5-8(9)2/h8-9H,3-7H2,1-2H3,(H,15,18). The Morgan fingerprint density at radius 2 is 2.11 bits per heavy atom. The van der Waals surface area contributed by atoms with Gasteiger partial charge in [-0.3, -0.25) is 14.3 Å². The Balaban J connectivity index is 2.39. The largest absolute Gasteiger partial charge is 0.329 e.